The zero-order chi connectivity index (χ0) is 27.9. The normalized spacial score (nSPS) is 17.3. The number of carbonyl (C=O) groups excluding carboxylic acids is 1. The highest BCUT2D eigenvalue weighted by Crippen LogP contribution is 2.60. The number of rotatable bonds is 7. The molecule has 1 amide bonds. The predicted molar refractivity (Wildman–Crippen MR) is 160 cm³/mol. The molecule has 7 nitrogen and oxygen atoms in total. The van der Waals surface area contributed by atoms with E-state index in [1.54, 1.807) is 6.92 Å². The number of aromatic nitrogens is 3. The maximum Gasteiger partial charge on any atom is 0.225 e. The third-order valence-corrected chi connectivity index (χ3v) is 13.4. The first-order chi connectivity index (χ1) is 18.6. The quantitative estimate of drug-likeness (QED) is 0.327. The Labute approximate surface area is 234 Å². The molecule has 0 atom stereocenters. The molecule has 0 spiro atoms. The Balaban J connectivity index is 1.59. The van der Waals surface area contributed by atoms with E-state index in [-0.39, 0.29) is 5.91 Å². The third kappa shape index (κ3) is 5.06. The first kappa shape index (κ1) is 28.0. The van der Waals surface area contributed by atoms with E-state index in [0.717, 1.165) is 61.1 Å². The van der Waals surface area contributed by atoms with Crippen LogP contribution in [0.25, 0.3) is 22.0 Å². The number of carbonyl (C=O) groups is 1. The van der Waals surface area contributed by atoms with Crippen molar-refractivity contribution < 1.29 is 13.7 Å². The summed E-state index contributed by atoms with van der Waals surface area (Å²) in [6.07, 6.45) is 4.71. The van der Waals surface area contributed by atoms with Gasteiger partial charge in [-0.15, -0.1) is 0 Å². The summed E-state index contributed by atoms with van der Waals surface area (Å²) >= 11 is 0. The van der Waals surface area contributed by atoms with Crippen molar-refractivity contribution in [3.63, 3.8) is 0 Å². The lowest BCUT2D eigenvalue weighted by Crippen LogP contribution is -2.35. The minimum atomic E-state index is -1.39. The molecule has 3 aromatic rings. The van der Waals surface area contributed by atoms with E-state index < -0.39 is 10.3 Å². The van der Waals surface area contributed by atoms with Crippen LogP contribution in [-0.4, -0.2) is 61.1 Å². The molecular formula is C31H44N4O3S. The molecule has 1 fully saturated rings. The van der Waals surface area contributed by atoms with Crippen LogP contribution in [0.15, 0.2) is 30.5 Å². The molecule has 5 rings (SSSR count). The summed E-state index contributed by atoms with van der Waals surface area (Å²) in [7, 11) is -1.39. The Kier molecular flexibility index (Phi) is 7.98. The molecule has 39 heavy (non-hydrogen) atoms. The molecule has 212 valence electrons. The lowest BCUT2D eigenvalue weighted by Gasteiger charge is -2.49. The number of hydrogen-bond donors (Lipinski definition) is 0. The summed E-state index contributed by atoms with van der Waals surface area (Å²) < 4.78 is 14.7. The van der Waals surface area contributed by atoms with Gasteiger partial charge in [0, 0.05) is 89.9 Å². The summed E-state index contributed by atoms with van der Waals surface area (Å²) in [6.45, 7) is 18.2. The van der Waals surface area contributed by atoms with E-state index in [0.29, 0.717) is 34.2 Å². The van der Waals surface area contributed by atoms with Gasteiger partial charge in [0.25, 0.3) is 0 Å². The van der Waals surface area contributed by atoms with E-state index in [2.05, 4.69) is 70.5 Å². The molecule has 1 saturated heterocycles. The molecule has 0 unspecified atom stereocenters. The van der Waals surface area contributed by atoms with Crippen LogP contribution in [0, 0.1) is 0 Å². The van der Waals surface area contributed by atoms with E-state index in [4.69, 9.17) is 19.0 Å². The van der Waals surface area contributed by atoms with Crippen molar-refractivity contribution in [2.75, 3.05) is 19.8 Å². The average molecular weight is 553 g/mol. The zero-order valence-electron chi connectivity index (χ0n) is 24.6. The van der Waals surface area contributed by atoms with Crippen LogP contribution in [0.5, 0.6) is 5.88 Å². The van der Waals surface area contributed by atoms with Gasteiger partial charge in [-0.3, -0.25) is 9.48 Å². The summed E-state index contributed by atoms with van der Waals surface area (Å²) in [5.41, 5.74) is 4.46. The van der Waals surface area contributed by atoms with E-state index in [1.165, 1.54) is 11.3 Å². The fraction of sp³-hybridized carbons (Fsp3) is 0.581. The first-order valence-electron chi connectivity index (χ1n) is 14.5. The maximum atomic E-state index is 12.3. The van der Waals surface area contributed by atoms with E-state index >= 15 is 0 Å². The minimum absolute atomic E-state index is 0.109. The molecule has 0 N–H and O–H groups in total. The molecule has 1 aromatic carbocycles. The molecule has 2 aliphatic heterocycles. The van der Waals surface area contributed by atoms with Gasteiger partial charge in [-0.05, 0) is 18.2 Å². The van der Waals surface area contributed by atoms with Gasteiger partial charge in [-0.25, -0.2) is 4.98 Å². The fourth-order valence-electron chi connectivity index (χ4n) is 6.64. The van der Waals surface area contributed by atoms with Gasteiger partial charge in [0.15, 0.2) is 0 Å². The monoisotopic (exact) mass is 552 g/mol. The van der Waals surface area contributed by atoms with Gasteiger partial charge >= 0.3 is 0 Å². The average Bonchev–Trinajstić information content (AvgIpc) is 3.29. The Morgan fingerprint density at radius 1 is 1.08 bits per heavy atom. The fourth-order valence-corrected chi connectivity index (χ4v) is 10.9. The minimum Gasteiger partial charge on any atom is -0.428 e. The van der Waals surface area contributed by atoms with Gasteiger partial charge in [-0.1, -0.05) is 70.1 Å². The SMILES string of the molecule is CC(=O)N1CCc2c(c(-c3cccc4cc(OS(C(C)C)(C(C)C)C(C)C)ncc34)nn2C2CCOCC2)C1. The molecule has 4 heterocycles. The Morgan fingerprint density at radius 2 is 1.77 bits per heavy atom. The van der Waals surface area contributed by atoms with Gasteiger partial charge in [0.1, 0.15) is 0 Å². The molecule has 8 heteroatoms. The van der Waals surface area contributed by atoms with Crippen LogP contribution in [0.2, 0.25) is 0 Å². The van der Waals surface area contributed by atoms with Crippen molar-refractivity contribution in [1.82, 2.24) is 19.7 Å². The molecule has 0 saturated carbocycles. The van der Waals surface area contributed by atoms with E-state index in [9.17, 15) is 4.79 Å². The van der Waals surface area contributed by atoms with Crippen molar-refractivity contribution in [1.29, 1.82) is 0 Å². The van der Waals surface area contributed by atoms with Crippen molar-refractivity contribution in [3.8, 4) is 17.1 Å². The number of benzene rings is 1. The van der Waals surface area contributed by atoms with Crippen molar-refractivity contribution >= 4 is 27.0 Å². The number of hydrogen-bond acceptors (Lipinski definition) is 5. The summed E-state index contributed by atoms with van der Waals surface area (Å²) in [6, 6.07) is 8.80. The van der Waals surface area contributed by atoms with Crippen LogP contribution in [0.1, 0.15) is 78.6 Å². The summed E-state index contributed by atoms with van der Waals surface area (Å²) in [5, 5.41) is 8.67. The second-order valence-electron chi connectivity index (χ2n) is 11.7. The molecule has 0 aliphatic carbocycles. The van der Waals surface area contributed by atoms with Crippen molar-refractivity contribution in [2.45, 2.75) is 96.1 Å². The molecule has 0 bridgehead atoms. The molecule has 2 aromatic heterocycles. The van der Waals surface area contributed by atoms with Gasteiger partial charge < -0.3 is 13.8 Å². The van der Waals surface area contributed by atoms with Gasteiger partial charge in [0.05, 0.1) is 11.7 Å². The maximum absolute atomic E-state index is 12.3. The smallest absolute Gasteiger partial charge is 0.225 e. The highest BCUT2D eigenvalue weighted by molar-refractivity contribution is 8.31. The third-order valence-electron chi connectivity index (χ3n) is 8.50. The van der Waals surface area contributed by atoms with Crippen LogP contribution < -0.4 is 4.18 Å². The van der Waals surface area contributed by atoms with Crippen LogP contribution in [-0.2, 0) is 22.5 Å². The lowest BCUT2D eigenvalue weighted by atomic mass is 9.97. The summed E-state index contributed by atoms with van der Waals surface area (Å²) in [4.78, 5) is 19.1. The highest BCUT2D eigenvalue weighted by atomic mass is 32.3. The van der Waals surface area contributed by atoms with Gasteiger partial charge in [0.2, 0.25) is 11.8 Å². The number of nitrogens with zero attached hydrogens (tertiary/aromatic N) is 4. The number of fused-ring (bicyclic) bond motifs is 2. The number of pyridine rings is 1. The number of amides is 1. The van der Waals surface area contributed by atoms with Crippen LogP contribution in [0.4, 0.5) is 0 Å². The Morgan fingerprint density at radius 3 is 2.41 bits per heavy atom. The van der Waals surface area contributed by atoms with Crippen molar-refractivity contribution in [3.05, 3.63) is 41.7 Å². The van der Waals surface area contributed by atoms with E-state index in [1.807, 2.05) is 11.1 Å². The summed E-state index contributed by atoms with van der Waals surface area (Å²) in [5.74, 6) is 0.807. The first-order valence-corrected chi connectivity index (χ1v) is 16.2. The molecule has 2 aliphatic rings. The Bertz CT molecular complexity index is 1320. The second kappa shape index (κ2) is 11.1. The predicted octanol–water partition coefficient (Wildman–Crippen LogP) is 6.68. The van der Waals surface area contributed by atoms with Gasteiger partial charge in [-0.2, -0.15) is 5.10 Å². The zero-order valence-corrected chi connectivity index (χ0v) is 25.4. The largest absolute Gasteiger partial charge is 0.428 e. The number of ether oxygens (including phenoxy) is 1. The highest BCUT2D eigenvalue weighted by Gasteiger charge is 2.38. The lowest BCUT2D eigenvalue weighted by molar-refractivity contribution is -0.129. The Hall–Kier alpha value is -2.58. The van der Waals surface area contributed by atoms with Crippen LogP contribution in [0.3, 0.4) is 0 Å². The van der Waals surface area contributed by atoms with Crippen molar-refractivity contribution in [2.24, 2.45) is 0 Å². The molecule has 0 radical (unpaired) electrons. The molecular weight excluding hydrogens is 508 g/mol. The standard InChI is InChI=1S/C31H44N4O3S/c1-20(2)39(21(3)4,22(5)6)38-30-17-24-9-8-10-26(27(24)18-32-30)31-28-19-34(23(7)36)14-11-29(28)35(33-31)25-12-15-37-16-13-25/h8-10,17-18,20-22,25H,11-16,19H2,1-7H3. The van der Waals surface area contributed by atoms with Crippen LogP contribution >= 0.6 is 10.3 Å². The topological polar surface area (TPSA) is 69.5 Å². The second-order valence-corrected chi connectivity index (χ2v) is 16.1.